The third-order valence-electron chi connectivity index (χ3n) is 8.76. The van der Waals surface area contributed by atoms with Gasteiger partial charge < -0.3 is 33.6 Å². The quantitative estimate of drug-likeness (QED) is 0.285. The predicted octanol–water partition coefficient (Wildman–Crippen LogP) is 4.57. The summed E-state index contributed by atoms with van der Waals surface area (Å²) >= 11 is 0. The molecule has 11 nitrogen and oxygen atoms in total. The molecule has 2 unspecified atom stereocenters. The highest BCUT2D eigenvalue weighted by molar-refractivity contribution is 6.12. The fraction of sp³-hybridized carbons (Fsp3) is 0.412. The number of anilines is 1. The first-order valence-corrected chi connectivity index (χ1v) is 15.2. The van der Waals surface area contributed by atoms with E-state index in [1.54, 1.807) is 48.2 Å². The lowest BCUT2D eigenvalue weighted by Crippen LogP contribution is -2.43. The Balaban J connectivity index is 1.04. The number of methoxy groups -OCH3 is 2. The van der Waals surface area contributed by atoms with Crippen LogP contribution in [0.5, 0.6) is 23.0 Å². The largest absolute Gasteiger partial charge is 0.493 e. The molecular weight excluding hydrogens is 576 g/mol. The van der Waals surface area contributed by atoms with E-state index in [9.17, 15) is 14.4 Å². The van der Waals surface area contributed by atoms with Gasteiger partial charge in [-0.05, 0) is 44.2 Å². The summed E-state index contributed by atoms with van der Waals surface area (Å²) < 4.78 is 23.2. The molecule has 0 N–H and O–H groups in total. The maximum Gasteiger partial charge on any atom is 0.257 e. The van der Waals surface area contributed by atoms with Gasteiger partial charge in [0.05, 0.1) is 56.0 Å². The number of carbonyl (C=O) groups excluding carboxylic acids is 3. The molecule has 2 aromatic rings. The molecule has 6 rings (SSSR count). The van der Waals surface area contributed by atoms with Crippen LogP contribution >= 0.6 is 0 Å². The second-order valence-electron chi connectivity index (χ2n) is 11.8. The second kappa shape index (κ2) is 12.3. The van der Waals surface area contributed by atoms with Gasteiger partial charge in [-0.25, -0.2) is 0 Å². The lowest BCUT2D eigenvalue weighted by molar-refractivity contribution is -0.121. The Labute approximate surface area is 262 Å². The third-order valence-corrected chi connectivity index (χ3v) is 8.76. The molecule has 0 bridgehead atoms. The number of carbonyl (C=O) groups is 3. The van der Waals surface area contributed by atoms with Crippen molar-refractivity contribution in [3.05, 3.63) is 59.7 Å². The molecule has 3 amide bonds. The van der Waals surface area contributed by atoms with Crippen molar-refractivity contribution in [3.8, 4) is 23.0 Å². The highest BCUT2D eigenvalue weighted by Crippen LogP contribution is 2.41. The van der Waals surface area contributed by atoms with Crippen molar-refractivity contribution < 1.29 is 33.3 Å². The molecule has 2 atom stereocenters. The normalized spacial score (nSPS) is 20.4. The van der Waals surface area contributed by atoms with Crippen molar-refractivity contribution in [2.75, 3.05) is 52.5 Å². The highest BCUT2D eigenvalue weighted by atomic mass is 16.5. The zero-order chi connectivity index (χ0) is 31.8. The van der Waals surface area contributed by atoms with E-state index in [0.29, 0.717) is 78.2 Å². The molecular formula is C34H38N4O7. The maximum atomic E-state index is 13.4. The molecule has 11 heteroatoms. The Kier molecular flexibility index (Phi) is 8.26. The van der Waals surface area contributed by atoms with Crippen LogP contribution < -0.4 is 23.8 Å². The summed E-state index contributed by atoms with van der Waals surface area (Å²) in [7, 11) is 4.76. The van der Waals surface area contributed by atoms with Gasteiger partial charge in [0.15, 0.2) is 23.0 Å². The Morgan fingerprint density at radius 3 is 2.07 bits per heavy atom. The first-order valence-electron chi connectivity index (χ1n) is 15.2. The molecule has 0 spiro atoms. The lowest BCUT2D eigenvalue weighted by Gasteiger charge is -2.22. The molecule has 0 saturated carbocycles. The van der Waals surface area contributed by atoms with Gasteiger partial charge in [-0.15, -0.1) is 0 Å². The van der Waals surface area contributed by atoms with Gasteiger partial charge in [-0.3, -0.25) is 19.4 Å². The van der Waals surface area contributed by atoms with Crippen LogP contribution in [-0.2, 0) is 4.79 Å². The maximum absolute atomic E-state index is 13.4. The van der Waals surface area contributed by atoms with E-state index in [2.05, 4.69) is 18.2 Å². The summed E-state index contributed by atoms with van der Waals surface area (Å²) in [4.78, 5) is 49.2. The molecule has 4 heterocycles. The lowest BCUT2D eigenvalue weighted by atomic mass is 10.1. The highest BCUT2D eigenvalue weighted by Gasteiger charge is 2.43. The molecule has 2 saturated heterocycles. The monoisotopic (exact) mass is 614 g/mol. The summed E-state index contributed by atoms with van der Waals surface area (Å²) in [6.07, 6.45) is 5.34. The van der Waals surface area contributed by atoms with Crippen LogP contribution in [0.2, 0.25) is 0 Å². The van der Waals surface area contributed by atoms with Crippen LogP contribution in [0.15, 0.2) is 53.6 Å². The average molecular weight is 615 g/mol. The van der Waals surface area contributed by atoms with E-state index in [-0.39, 0.29) is 23.8 Å². The van der Waals surface area contributed by atoms with Crippen molar-refractivity contribution >= 4 is 35.3 Å². The number of unbranched alkanes of at least 4 members (excludes halogenated alkanes) is 2. The number of rotatable bonds is 10. The first-order chi connectivity index (χ1) is 21.7. The third kappa shape index (κ3) is 5.63. The van der Waals surface area contributed by atoms with Crippen molar-refractivity contribution in [2.24, 2.45) is 4.99 Å². The number of benzene rings is 2. The first kappa shape index (κ1) is 30.2. The smallest absolute Gasteiger partial charge is 0.257 e. The van der Waals surface area contributed by atoms with E-state index in [4.69, 9.17) is 18.9 Å². The summed E-state index contributed by atoms with van der Waals surface area (Å²) in [6.45, 7) is 9.77. The van der Waals surface area contributed by atoms with Crippen molar-refractivity contribution in [3.63, 3.8) is 0 Å². The summed E-state index contributed by atoms with van der Waals surface area (Å²) in [5.74, 6) is 1.49. The van der Waals surface area contributed by atoms with Gasteiger partial charge in [0.25, 0.3) is 11.8 Å². The standard InChI is InChI=1S/C34H38N4O7/c1-20-11-22-17-35-25-15-30(28(42-4)13-23(25)32(39)37(22)18-20)44-9-7-6-8-10-45-31-16-26-24(14-29(31)43-5)33(40)38-19-21(2)12-27(38)34(41)36(26)3/h13-17,22,27H,1-2,6-12,18-19H2,3-5H3. The van der Waals surface area contributed by atoms with E-state index in [0.717, 1.165) is 36.8 Å². The second-order valence-corrected chi connectivity index (χ2v) is 11.8. The molecule has 45 heavy (non-hydrogen) atoms. The van der Waals surface area contributed by atoms with Crippen LogP contribution in [0.25, 0.3) is 0 Å². The molecule has 2 aromatic carbocycles. The number of ether oxygens (including phenoxy) is 4. The fourth-order valence-electron chi connectivity index (χ4n) is 6.35. The number of hydrogen-bond donors (Lipinski definition) is 0. The molecule has 0 aliphatic carbocycles. The topological polar surface area (TPSA) is 110 Å². The van der Waals surface area contributed by atoms with E-state index >= 15 is 0 Å². The summed E-state index contributed by atoms with van der Waals surface area (Å²) in [5.41, 5.74) is 3.85. The Morgan fingerprint density at radius 1 is 0.778 bits per heavy atom. The van der Waals surface area contributed by atoms with Crippen LogP contribution in [-0.4, -0.2) is 93.4 Å². The predicted molar refractivity (Wildman–Crippen MR) is 170 cm³/mol. The minimum Gasteiger partial charge on any atom is -0.493 e. The average Bonchev–Trinajstić information content (AvgIpc) is 3.58. The Morgan fingerprint density at radius 2 is 1.38 bits per heavy atom. The molecule has 4 aliphatic rings. The fourth-order valence-corrected chi connectivity index (χ4v) is 6.35. The Bertz CT molecular complexity index is 1620. The van der Waals surface area contributed by atoms with Crippen LogP contribution in [0, 0.1) is 0 Å². The number of hydrogen-bond acceptors (Lipinski definition) is 8. The van der Waals surface area contributed by atoms with Crippen molar-refractivity contribution in [1.82, 2.24) is 9.80 Å². The minimum atomic E-state index is -0.542. The van der Waals surface area contributed by atoms with Gasteiger partial charge in [-0.1, -0.05) is 24.3 Å². The number of fused-ring (bicyclic) bond motifs is 4. The van der Waals surface area contributed by atoms with Gasteiger partial charge in [0.2, 0.25) is 5.91 Å². The molecule has 236 valence electrons. The molecule has 2 fully saturated rings. The van der Waals surface area contributed by atoms with Crippen LogP contribution in [0.3, 0.4) is 0 Å². The number of likely N-dealkylation sites (N-methyl/N-ethyl adjacent to an activating group) is 1. The summed E-state index contributed by atoms with van der Waals surface area (Å²) in [5, 5.41) is 0. The van der Waals surface area contributed by atoms with Gasteiger partial charge >= 0.3 is 0 Å². The van der Waals surface area contributed by atoms with Crippen LogP contribution in [0.4, 0.5) is 11.4 Å². The Hall–Kier alpha value is -4.80. The van der Waals surface area contributed by atoms with E-state index < -0.39 is 6.04 Å². The van der Waals surface area contributed by atoms with Crippen LogP contribution in [0.1, 0.15) is 52.8 Å². The minimum absolute atomic E-state index is 0.0785. The van der Waals surface area contributed by atoms with E-state index in [1.165, 1.54) is 12.0 Å². The molecule has 4 aliphatic heterocycles. The van der Waals surface area contributed by atoms with Crippen molar-refractivity contribution in [2.45, 2.75) is 44.2 Å². The zero-order valence-electron chi connectivity index (χ0n) is 26.0. The SMILES string of the molecule is C=C1CC2C=Nc3cc(OCCCCCOc4cc5c(cc4OC)C(=O)N4CC(=C)CC4C(=O)N5C)c(OC)cc3C(=O)N2C1. The molecule has 0 aromatic heterocycles. The van der Waals surface area contributed by atoms with Gasteiger partial charge in [0.1, 0.15) is 6.04 Å². The number of amides is 3. The number of nitrogens with zero attached hydrogens (tertiary/aromatic N) is 4. The van der Waals surface area contributed by atoms with Gasteiger partial charge in [-0.2, -0.15) is 0 Å². The van der Waals surface area contributed by atoms with E-state index in [1.807, 2.05) is 6.21 Å². The van der Waals surface area contributed by atoms with Crippen molar-refractivity contribution in [1.29, 1.82) is 0 Å². The summed E-state index contributed by atoms with van der Waals surface area (Å²) in [6, 6.07) is 6.21. The van der Waals surface area contributed by atoms with Gasteiger partial charge in [0, 0.05) is 38.5 Å². The number of aliphatic imine (C=N–C) groups is 1. The zero-order valence-corrected chi connectivity index (χ0v) is 26.0. The molecule has 0 radical (unpaired) electrons.